The Bertz CT molecular complexity index is 666. The van der Waals surface area contributed by atoms with E-state index in [0.29, 0.717) is 10.9 Å². The van der Waals surface area contributed by atoms with Crippen molar-refractivity contribution in [2.24, 2.45) is 5.92 Å². The smallest absolute Gasteiger partial charge is 0.309 e. The zero-order chi connectivity index (χ0) is 18.0. The first-order valence-corrected chi connectivity index (χ1v) is 10.2. The van der Waals surface area contributed by atoms with E-state index in [0.717, 1.165) is 31.4 Å². The maximum atomic E-state index is 12.1. The molecule has 1 saturated carbocycles. The maximum absolute atomic E-state index is 12.1. The highest BCUT2D eigenvalue weighted by Gasteiger charge is 2.29. The van der Waals surface area contributed by atoms with Crippen molar-refractivity contribution in [3.63, 3.8) is 0 Å². The summed E-state index contributed by atoms with van der Waals surface area (Å²) in [6, 6.07) is 7.11. The van der Waals surface area contributed by atoms with Crippen LogP contribution in [0.5, 0.6) is 0 Å². The molecule has 0 heterocycles. The molecule has 1 fully saturated rings. The van der Waals surface area contributed by atoms with E-state index in [1.807, 2.05) is 20.8 Å². The maximum Gasteiger partial charge on any atom is 0.309 e. The van der Waals surface area contributed by atoms with Gasteiger partial charge in [-0.3, -0.25) is 4.79 Å². The predicted octanol–water partition coefficient (Wildman–Crippen LogP) is 3.40. The minimum atomic E-state index is -3.16. The average molecular weight is 353 g/mol. The number of sulfone groups is 1. The van der Waals surface area contributed by atoms with Gasteiger partial charge in [0.15, 0.2) is 9.84 Å². The standard InChI is InChI=1S/C18H27NO4S/c1-18(2,3)23-17(20)13-5-7-14(8-6-13)19-15-9-11-16(12-10-15)24(4,21)22/h9-14,19H,5-8H2,1-4H3. The van der Waals surface area contributed by atoms with E-state index in [2.05, 4.69) is 5.32 Å². The molecule has 0 amide bonds. The van der Waals surface area contributed by atoms with Crippen LogP contribution in [0.2, 0.25) is 0 Å². The third kappa shape index (κ3) is 5.51. The number of anilines is 1. The zero-order valence-corrected chi connectivity index (χ0v) is 15.7. The average Bonchev–Trinajstić information content (AvgIpc) is 2.46. The summed E-state index contributed by atoms with van der Waals surface area (Å²) in [7, 11) is -3.16. The summed E-state index contributed by atoms with van der Waals surface area (Å²) < 4.78 is 28.4. The topological polar surface area (TPSA) is 72.5 Å². The lowest BCUT2D eigenvalue weighted by Gasteiger charge is -2.30. The Morgan fingerprint density at radius 1 is 1.08 bits per heavy atom. The summed E-state index contributed by atoms with van der Waals surface area (Å²) in [6.07, 6.45) is 4.63. The highest BCUT2D eigenvalue weighted by molar-refractivity contribution is 7.90. The molecule has 2 rings (SSSR count). The minimum absolute atomic E-state index is 0.0186. The van der Waals surface area contributed by atoms with Gasteiger partial charge in [-0.05, 0) is 70.7 Å². The number of carbonyl (C=O) groups is 1. The van der Waals surface area contributed by atoms with E-state index < -0.39 is 15.4 Å². The van der Waals surface area contributed by atoms with Gasteiger partial charge in [-0.1, -0.05) is 0 Å². The number of hydrogen-bond acceptors (Lipinski definition) is 5. The van der Waals surface area contributed by atoms with Crippen molar-refractivity contribution >= 4 is 21.5 Å². The van der Waals surface area contributed by atoms with Gasteiger partial charge in [0.2, 0.25) is 0 Å². The number of carbonyl (C=O) groups excluding carboxylic acids is 1. The molecule has 0 bridgehead atoms. The summed E-state index contributed by atoms with van der Waals surface area (Å²) in [5.41, 5.74) is 0.469. The van der Waals surface area contributed by atoms with Gasteiger partial charge in [0.25, 0.3) is 0 Å². The van der Waals surface area contributed by atoms with Crippen LogP contribution in [0.1, 0.15) is 46.5 Å². The van der Waals surface area contributed by atoms with Crippen LogP contribution in [0.3, 0.4) is 0 Å². The predicted molar refractivity (Wildman–Crippen MR) is 94.8 cm³/mol. The summed E-state index contributed by atoms with van der Waals surface area (Å²) in [5.74, 6) is -0.117. The molecule has 5 nitrogen and oxygen atoms in total. The van der Waals surface area contributed by atoms with Crippen LogP contribution >= 0.6 is 0 Å². The molecule has 0 saturated heterocycles. The largest absolute Gasteiger partial charge is 0.460 e. The van der Waals surface area contributed by atoms with Gasteiger partial charge in [-0.15, -0.1) is 0 Å². The van der Waals surface area contributed by atoms with Gasteiger partial charge in [0.1, 0.15) is 5.60 Å². The molecule has 1 aliphatic carbocycles. The molecule has 24 heavy (non-hydrogen) atoms. The summed E-state index contributed by atoms with van der Waals surface area (Å²) >= 11 is 0. The Balaban J connectivity index is 1.86. The van der Waals surface area contributed by atoms with Gasteiger partial charge >= 0.3 is 5.97 Å². The van der Waals surface area contributed by atoms with Crippen LogP contribution in [0.4, 0.5) is 5.69 Å². The third-order valence-electron chi connectivity index (χ3n) is 4.12. The molecular formula is C18H27NO4S. The minimum Gasteiger partial charge on any atom is -0.460 e. The van der Waals surface area contributed by atoms with E-state index in [4.69, 9.17) is 4.74 Å². The Morgan fingerprint density at radius 3 is 2.08 bits per heavy atom. The lowest BCUT2D eigenvalue weighted by atomic mass is 9.86. The Morgan fingerprint density at radius 2 is 1.62 bits per heavy atom. The monoisotopic (exact) mass is 353 g/mol. The van der Waals surface area contributed by atoms with Gasteiger partial charge in [-0.25, -0.2) is 8.42 Å². The van der Waals surface area contributed by atoms with Crippen LogP contribution in [-0.4, -0.2) is 32.3 Å². The zero-order valence-electron chi connectivity index (χ0n) is 14.8. The van der Waals surface area contributed by atoms with E-state index in [1.54, 1.807) is 24.3 Å². The normalized spacial score (nSPS) is 22.0. The van der Waals surface area contributed by atoms with E-state index in [1.165, 1.54) is 6.26 Å². The van der Waals surface area contributed by atoms with Gasteiger partial charge in [0, 0.05) is 18.0 Å². The first-order chi connectivity index (χ1) is 11.0. The van der Waals surface area contributed by atoms with Gasteiger partial charge < -0.3 is 10.1 Å². The SMILES string of the molecule is CC(C)(C)OC(=O)C1CCC(Nc2ccc(S(C)(=O)=O)cc2)CC1. The Hall–Kier alpha value is -1.56. The van der Waals surface area contributed by atoms with E-state index in [9.17, 15) is 13.2 Å². The number of rotatable bonds is 4. The summed E-state index contributed by atoms with van der Waals surface area (Å²) in [5, 5.41) is 3.42. The van der Waals surface area contributed by atoms with Gasteiger partial charge in [-0.2, -0.15) is 0 Å². The molecule has 0 aliphatic heterocycles. The van der Waals surface area contributed by atoms with Crippen molar-refractivity contribution in [3.8, 4) is 0 Å². The number of ether oxygens (including phenoxy) is 1. The molecule has 1 N–H and O–H groups in total. The van der Waals surface area contributed by atoms with Crippen LogP contribution < -0.4 is 5.32 Å². The van der Waals surface area contributed by atoms with Crippen molar-refractivity contribution in [2.75, 3.05) is 11.6 Å². The molecule has 0 atom stereocenters. The van der Waals surface area contributed by atoms with Crippen molar-refractivity contribution in [2.45, 2.75) is 63.0 Å². The van der Waals surface area contributed by atoms with Crippen LogP contribution in [0.25, 0.3) is 0 Å². The molecule has 0 aromatic heterocycles. The number of benzene rings is 1. The summed E-state index contributed by atoms with van der Waals surface area (Å²) in [4.78, 5) is 12.4. The van der Waals surface area contributed by atoms with Crippen LogP contribution in [0, 0.1) is 5.92 Å². The first-order valence-electron chi connectivity index (χ1n) is 8.34. The molecule has 1 aromatic carbocycles. The number of esters is 1. The summed E-state index contributed by atoms with van der Waals surface area (Å²) in [6.45, 7) is 5.66. The van der Waals surface area contributed by atoms with Crippen LogP contribution in [-0.2, 0) is 19.4 Å². The third-order valence-corrected chi connectivity index (χ3v) is 5.25. The number of hydrogen-bond donors (Lipinski definition) is 1. The van der Waals surface area contributed by atoms with Crippen molar-refractivity contribution < 1.29 is 17.9 Å². The number of nitrogens with one attached hydrogen (secondary N) is 1. The fraction of sp³-hybridized carbons (Fsp3) is 0.611. The first kappa shape index (κ1) is 18.8. The lowest BCUT2D eigenvalue weighted by molar-refractivity contribution is -0.161. The second-order valence-corrected chi connectivity index (χ2v) is 9.54. The van der Waals surface area contributed by atoms with E-state index >= 15 is 0 Å². The second kappa shape index (κ2) is 7.13. The van der Waals surface area contributed by atoms with Crippen molar-refractivity contribution in [3.05, 3.63) is 24.3 Å². The molecule has 0 unspecified atom stereocenters. The van der Waals surface area contributed by atoms with E-state index in [-0.39, 0.29) is 11.9 Å². The van der Waals surface area contributed by atoms with Crippen molar-refractivity contribution in [1.29, 1.82) is 0 Å². The fourth-order valence-electron chi connectivity index (χ4n) is 2.89. The molecule has 6 heteroatoms. The van der Waals surface area contributed by atoms with Crippen molar-refractivity contribution in [1.82, 2.24) is 0 Å². The Kier molecular flexibility index (Phi) is 5.58. The highest BCUT2D eigenvalue weighted by Crippen LogP contribution is 2.29. The quantitative estimate of drug-likeness (QED) is 0.840. The molecule has 1 aliphatic rings. The molecule has 134 valence electrons. The molecule has 0 radical (unpaired) electrons. The Labute approximate surface area is 144 Å². The lowest BCUT2D eigenvalue weighted by Crippen LogP contribution is -2.33. The highest BCUT2D eigenvalue weighted by atomic mass is 32.2. The van der Waals surface area contributed by atoms with Crippen LogP contribution in [0.15, 0.2) is 29.2 Å². The molecular weight excluding hydrogens is 326 g/mol. The fourth-order valence-corrected chi connectivity index (χ4v) is 3.52. The molecule has 1 aromatic rings. The second-order valence-electron chi connectivity index (χ2n) is 7.52. The molecule has 0 spiro atoms. The van der Waals surface area contributed by atoms with Gasteiger partial charge in [0.05, 0.1) is 10.8 Å².